The molecular weight excluding hydrogens is 472 g/mol. The molecule has 3 aromatic heterocycles. The Bertz CT molecular complexity index is 1380. The second-order valence-electron chi connectivity index (χ2n) is 7.15. The lowest BCUT2D eigenvalue weighted by Crippen LogP contribution is -2.12. The van der Waals surface area contributed by atoms with Crippen LogP contribution in [0.5, 0.6) is 0 Å². The number of aromatic nitrogens is 5. The second kappa shape index (κ2) is 9.32. The van der Waals surface area contributed by atoms with Crippen LogP contribution in [0.15, 0.2) is 42.7 Å². The van der Waals surface area contributed by atoms with Crippen molar-refractivity contribution in [2.24, 2.45) is 0 Å². The maximum absolute atomic E-state index is 13.7. The first kappa shape index (κ1) is 23.5. The van der Waals surface area contributed by atoms with E-state index in [1.54, 1.807) is 0 Å². The molecule has 0 unspecified atom stereocenters. The van der Waals surface area contributed by atoms with Gasteiger partial charge >= 0.3 is 11.9 Å². The van der Waals surface area contributed by atoms with Gasteiger partial charge in [-0.15, -0.1) is 0 Å². The van der Waals surface area contributed by atoms with Crippen LogP contribution in [-0.2, 0) is 12.6 Å². The maximum Gasteiger partial charge on any atom is 0.417 e. The fraction of sp³-hybridized carbons (Fsp3) is 0.143. The zero-order valence-corrected chi connectivity index (χ0v) is 17.6. The highest BCUT2D eigenvalue weighted by atomic mass is 19.4. The van der Waals surface area contributed by atoms with Gasteiger partial charge in [-0.1, -0.05) is 0 Å². The molecule has 14 heteroatoms. The number of pyridine rings is 1. The molecule has 0 bridgehead atoms. The summed E-state index contributed by atoms with van der Waals surface area (Å²) in [5, 5.41) is 13.8. The summed E-state index contributed by atoms with van der Waals surface area (Å²) in [4.78, 5) is 29.1. The van der Waals surface area contributed by atoms with Gasteiger partial charge in [-0.25, -0.2) is 24.3 Å². The van der Waals surface area contributed by atoms with Crippen molar-refractivity contribution in [1.82, 2.24) is 24.9 Å². The summed E-state index contributed by atoms with van der Waals surface area (Å²) in [7, 11) is 0. The van der Waals surface area contributed by atoms with E-state index in [1.807, 2.05) is 0 Å². The number of hydrogen-bond donors (Lipinski definition) is 3. The molecule has 3 heterocycles. The van der Waals surface area contributed by atoms with E-state index in [1.165, 1.54) is 24.5 Å². The number of benzene rings is 1. The van der Waals surface area contributed by atoms with Gasteiger partial charge in [0, 0.05) is 37.0 Å². The Labute approximate surface area is 194 Å². The third-order valence-corrected chi connectivity index (χ3v) is 4.92. The zero-order chi connectivity index (χ0) is 25.2. The molecule has 4 N–H and O–H groups in total. The Morgan fingerprint density at radius 3 is 2.66 bits per heavy atom. The highest BCUT2D eigenvalue weighted by Gasteiger charge is 2.35. The first-order valence-electron chi connectivity index (χ1n) is 9.93. The van der Waals surface area contributed by atoms with E-state index in [0.29, 0.717) is 11.8 Å². The van der Waals surface area contributed by atoms with Gasteiger partial charge in [-0.2, -0.15) is 13.2 Å². The summed E-state index contributed by atoms with van der Waals surface area (Å²) in [6.45, 7) is 0.178. The van der Waals surface area contributed by atoms with E-state index < -0.39 is 22.5 Å². The predicted molar refractivity (Wildman–Crippen MR) is 116 cm³/mol. The molecule has 4 aromatic rings. The number of nitrogens with one attached hydrogen (secondary N) is 2. The summed E-state index contributed by atoms with van der Waals surface area (Å²) in [5.74, 6) is -0.856. The molecule has 0 amide bonds. The van der Waals surface area contributed by atoms with E-state index in [2.05, 4.69) is 36.6 Å². The molecule has 1 aromatic carbocycles. The van der Waals surface area contributed by atoms with Gasteiger partial charge in [-0.3, -0.25) is 10.1 Å². The summed E-state index contributed by atoms with van der Waals surface area (Å²) >= 11 is 0. The number of halogens is 4. The topological polar surface area (TPSA) is 149 Å². The van der Waals surface area contributed by atoms with Gasteiger partial charge in [0.2, 0.25) is 5.82 Å². The average molecular weight is 487 g/mol. The van der Waals surface area contributed by atoms with Gasteiger partial charge in [0.25, 0.3) is 0 Å². The molecule has 0 saturated carbocycles. The minimum absolute atomic E-state index is 0.130. The Hall–Kier alpha value is -4.62. The number of rotatable bonds is 7. The minimum atomic E-state index is -4.84. The Kier molecular flexibility index (Phi) is 6.27. The number of nitro groups is 1. The lowest BCUT2D eigenvalue weighted by Gasteiger charge is -2.16. The van der Waals surface area contributed by atoms with Gasteiger partial charge in [0.1, 0.15) is 17.5 Å². The summed E-state index contributed by atoms with van der Waals surface area (Å²) in [6.07, 6.45) is 0.571. The van der Waals surface area contributed by atoms with Crippen LogP contribution in [0.3, 0.4) is 0 Å². The predicted octanol–water partition coefficient (Wildman–Crippen LogP) is 4.03. The van der Waals surface area contributed by atoms with Crippen molar-refractivity contribution < 1.29 is 22.5 Å². The van der Waals surface area contributed by atoms with Crippen LogP contribution in [-0.4, -0.2) is 36.4 Å². The van der Waals surface area contributed by atoms with Crippen LogP contribution in [0.1, 0.15) is 11.3 Å². The Balaban J connectivity index is 1.70. The third kappa shape index (κ3) is 5.00. The molecule has 10 nitrogen and oxygen atoms in total. The Morgan fingerprint density at radius 2 is 2.00 bits per heavy atom. The molecule has 0 aliphatic carbocycles. The van der Waals surface area contributed by atoms with Crippen molar-refractivity contribution >= 4 is 17.3 Å². The molecule has 1 radical (unpaired) electrons. The van der Waals surface area contributed by atoms with E-state index in [4.69, 9.17) is 5.73 Å². The van der Waals surface area contributed by atoms with Gasteiger partial charge < -0.3 is 16.0 Å². The lowest BCUT2D eigenvalue weighted by atomic mass is 9.97. The van der Waals surface area contributed by atoms with E-state index in [0.717, 1.165) is 12.1 Å². The third-order valence-electron chi connectivity index (χ3n) is 4.92. The van der Waals surface area contributed by atoms with Crippen molar-refractivity contribution in [3.63, 3.8) is 0 Å². The number of nitrogens with zero attached hydrogens (tertiary/aromatic N) is 5. The largest absolute Gasteiger partial charge is 0.417 e. The number of anilines is 2. The quantitative estimate of drug-likeness (QED) is 0.201. The molecule has 0 saturated heterocycles. The zero-order valence-electron chi connectivity index (χ0n) is 17.6. The molecule has 4 rings (SSSR count). The van der Waals surface area contributed by atoms with Crippen LogP contribution >= 0.6 is 0 Å². The van der Waals surface area contributed by atoms with Crippen molar-refractivity contribution in [2.45, 2.75) is 12.6 Å². The summed E-state index contributed by atoms with van der Waals surface area (Å²) in [5.41, 5.74) is 4.04. The highest BCUT2D eigenvalue weighted by molar-refractivity contribution is 5.81. The van der Waals surface area contributed by atoms with E-state index in [-0.39, 0.29) is 52.9 Å². The number of imidazole rings is 1. The maximum atomic E-state index is 13.7. The van der Waals surface area contributed by atoms with Gasteiger partial charge in [-0.05, 0) is 24.3 Å². The van der Waals surface area contributed by atoms with E-state index in [9.17, 15) is 27.7 Å². The number of H-pyrrole nitrogens is 1. The van der Waals surface area contributed by atoms with Crippen molar-refractivity contribution in [2.75, 3.05) is 17.6 Å². The van der Waals surface area contributed by atoms with Crippen LogP contribution in [0.4, 0.5) is 34.9 Å². The average Bonchev–Trinajstić information content (AvgIpc) is 3.33. The molecular formula is C21H15F4N8O2. The number of nitrogen functional groups attached to an aromatic ring is 1. The smallest absolute Gasteiger partial charge is 0.378 e. The molecule has 35 heavy (non-hydrogen) atoms. The first-order chi connectivity index (χ1) is 16.6. The summed E-state index contributed by atoms with van der Waals surface area (Å²) < 4.78 is 54.7. The fourth-order valence-corrected chi connectivity index (χ4v) is 3.40. The van der Waals surface area contributed by atoms with Crippen LogP contribution in [0, 0.1) is 22.3 Å². The normalized spacial score (nSPS) is 11.4. The second-order valence-corrected chi connectivity index (χ2v) is 7.15. The standard InChI is InChI=1S/C21H15F4N8O2/c22-11-1-2-12(13(9-11)21(23,24)25)18-17(20-28-7-8-29-20)14(30-10-31-18)5-6-27-16-4-3-15(33(34)35)19(26)32-16/h1-4,7-9H,5-6H2,(H,28,29)(H3,26,27,32). The van der Waals surface area contributed by atoms with Gasteiger partial charge in [0.15, 0.2) is 6.33 Å². The molecule has 0 spiro atoms. The van der Waals surface area contributed by atoms with Crippen LogP contribution in [0.2, 0.25) is 0 Å². The summed E-state index contributed by atoms with van der Waals surface area (Å²) in [6, 6.07) is 4.86. The first-order valence-corrected chi connectivity index (χ1v) is 9.93. The number of hydrogen-bond acceptors (Lipinski definition) is 8. The lowest BCUT2D eigenvalue weighted by molar-refractivity contribution is -0.384. The van der Waals surface area contributed by atoms with Crippen molar-refractivity contribution in [1.29, 1.82) is 0 Å². The number of nitrogens with two attached hydrogens (primary N) is 1. The number of aromatic amines is 1. The molecule has 0 aliphatic heterocycles. The fourth-order valence-electron chi connectivity index (χ4n) is 3.40. The minimum Gasteiger partial charge on any atom is -0.378 e. The molecule has 179 valence electrons. The van der Waals surface area contributed by atoms with Crippen LogP contribution < -0.4 is 11.1 Å². The van der Waals surface area contributed by atoms with Crippen LogP contribution in [0.25, 0.3) is 22.6 Å². The van der Waals surface area contributed by atoms with E-state index >= 15 is 0 Å². The SMILES string of the molecule is Nc1nc(NCCc2n[c]nc(-c3ccc(F)cc3C(F)(F)F)c2-c2ncc[nH]2)ccc1[N+](=O)[O-]. The van der Waals surface area contributed by atoms with Crippen molar-refractivity contribution in [3.05, 3.63) is 76.2 Å². The molecule has 0 atom stereocenters. The van der Waals surface area contributed by atoms with Gasteiger partial charge in [0.05, 0.1) is 27.4 Å². The Morgan fingerprint density at radius 1 is 1.20 bits per heavy atom. The molecule has 0 aliphatic rings. The molecule has 0 fully saturated rings. The van der Waals surface area contributed by atoms with Crippen molar-refractivity contribution in [3.8, 4) is 22.6 Å². The monoisotopic (exact) mass is 487 g/mol. The number of alkyl halides is 3. The highest BCUT2D eigenvalue weighted by Crippen LogP contribution is 2.40.